The number of hydrazone groups is 1. The molecule has 0 heterocycles. The first-order valence-electron chi connectivity index (χ1n) is 6.15. The summed E-state index contributed by atoms with van der Waals surface area (Å²) in [5.74, 6) is -1.01. The number of carbonyl (C=O) groups excluding carboxylic acids is 1. The molecule has 0 bridgehead atoms. The van der Waals surface area contributed by atoms with Crippen LogP contribution in [-0.2, 0) is 0 Å². The van der Waals surface area contributed by atoms with E-state index in [1.165, 1.54) is 36.4 Å². The number of amides is 1. The van der Waals surface area contributed by atoms with Crippen molar-refractivity contribution in [1.82, 2.24) is 5.43 Å². The zero-order valence-electron chi connectivity index (χ0n) is 11.4. The van der Waals surface area contributed by atoms with Gasteiger partial charge in [0.05, 0.1) is 16.2 Å². The van der Waals surface area contributed by atoms with E-state index >= 15 is 0 Å². The minimum absolute atomic E-state index is 0.0315. The number of phenolic OH excluding ortho intramolecular Hbond substituents is 1. The van der Waals surface area contributed by atoms with Gasteiger partial charge in [0, 0.05) is 16.7 Å². The third-order valence-electron chi connectivity index (χ3n) is 2.77. The molecule has 9 heteroatoms. The molecular formula is C14H9Cl2N3O4. The molecule has 0 aromatic heterocycles. The van der Waals surface area contributed by atoms with Gasteiger partial charge in [-0.2, -0.15) is 5.10 Å². The summed E-state index contributed by atoms with van der Waals surface area (Å²) < 4.78 is 0. The molecule has 2 rings (SSSR count). The molecule has 0 atom stereocenters. The van der Waals surface area contributed by atoms with E-state index in [1.54, 1.807) is 0 Å². The Hall–Kier alpha value is -2.64. The van der Waals surface area contributed by atoms with Gasteiger partial charge in [0.1, 0.15) is 11.3 Å². The lowest BCUT2D eigenvalue weighted by Gasteiger charge is -2.03. The lowest BCUT2D eigenvalue weighted by atomic mass is 10.2. The van der Waals surface area contributed by atoms with Crippen LogP contribution in [0.15, 0.2) is 41.5 Å². The van der Waals surface area contributed by atoms with Crippen molar-refractivity contribution < 1.29 is 14.8 Å². The highest BCUT2D eigenvalue weighted by Gasteiger charge is 2.18. The number of halogens is 2. The molecular weight excluding hydrogens is 345 g/mol. The van der Waals surface area contributed by atoms with Crippen molar-refractivity contribution in [3.8, 4) is 5.75 Å². The van der Waals surface area contributed by atoms with Crippen LogP contribution in [0.5, 0.6) is 5.75 Å². The number of nitrogens with one attached hydrogen (secondary N) is 1. The number of benzene rings is 2. The summed E-state index contributed by atoms with van der Waals surface area (Å²) >= 11 is 11.5. The van der Waals surface area contributed by atoms with Gasteiger partial charge < -0.3 is 5.11 Å². The third-order valence-corrected chi connectivity index (χ3v) is 3.28. The van der Waals surface area contributed by atoms with Gasteiger partial charge in [-0.1, -0.05) is 35.3 Å². The highest BCUT2D eigenvalue weighted by Crippen LogP contribution is 2.29. The van der Waals surface area contributed by atoms with Crippen molar-refractivity contribution >= 4 is 41.0 Å². The summed E-state index contributed by atoms with van der Waals surface area (Å²) in [5, 5.41) is 24.5. The summed E-state index contributed by atoms with van der Waals surface area (Å²) in [4.78, 5) is 22.1. The zero-order valence-corrected chi connectivity index (χ0v) is 12.9. The predicted octanol–water partition coefficient (Wildman–Crippen LogP) is 3.37. The Kier molecular flexibility index (Phi) is 5.15. The Morgan fingerprint density at radius 2 is 2.00 bits per heavy atom. The number of nitrogens with zero attached hydrogens (tertiary/aromatic N) is 2. The van der Waals surface area contributed by atoms with Crippen molar-refractivity contribution in [2.24, 2.45) is 5.10 Å². The van der Waals surface area contributed by atoms with Gasteiger partial charge in [-0.3, -0.25) is 14.9 Å². The first-order chi connectivity index (χ1) is 10.9. The Balaban J connectivity index is 2.19. The van der Waals surface area contributed by atoms with E-state index in [0.29, 0.717) is 0 Å². The quantitative estimate of drug-likeness (QED) is 0.499. The van der Waals surface area contributed by atoms with Gasteiger partial charge in [-0.05, 0) is 18.2 Å². The molecule has 0 radical (unpaired) electrons. The average Bonchev–Trinajstić information content (AvgIpc) is 2.51. The minimum atomic E-state index is -0.763. The highest BCUT2D eigenvalue weighted by molar-refractivity contribution is 6.36. The van der Waals surface area contributed by atoms with Gasteiger partial charge in [0.2, 0.25) is 0 Å². The van der Waals surface area contributed by atoms with Crippen molar-refractivity contribution in [1.29, 1.82) is 0 Å². The molecule has 2 N–H and O–H groups in total. The van der Waals surface area contributed by atoms with E-state index in [4.69, 9.17) is 23.2 Å². The summed E-state index contributed by atoms with van der Waals surface area (Å²) in [6.45, 7) is 0. The first kappa shape index (κ1) is 16.7. The summed E-state index contributed by atoms with van der Waals surface area (Å²) in [6, 6.07) is 8.20. The molecule has 0 saturated heterocycles. The topological polar surface area (TPSA) is 105 Å². The molecule has 2 aromatic rings. The predicted molar refractivity (Wildman–Crippen MR) is 86.3 cm³/mol. The van der Waals surface area contributed by atoms with Crippen LogP contribution < -0.4 is 5.43 Å². The second-order valence-corrected chi connectivity index (χ2v) is 5.14. The molecule has 0 aliphatic carbocycles. The van der Waals surface area contributed by atoms with E-state index in [0.717, 1.165) is 6.21 Å². The minimum Gasteiger partial charge on any atom is -0.506 e. The maximum absolute atomic E-state index is 11.9. The van der Waals surface area contributed by atoms with Crippen LogP contribution in [0.3, 0.4) is 0 Å². The maximum atomic E-state index is 11.9. The van der Waals surface area contributed by atoms with E-state index < -0.39 is 10.8 Å². The fourth-order valence-corrected chi connectivity index (χ4v) is 2.24. The normalized spacial score (nSPS) is 10.7. The fraction of sp³-hybridized carbons (Fsp3) is 0. The van der Waals surface area contributed by atoms with Gasteiger partial charge in [0.25, 0.3) is 11.6 Å². The number of phenols is 1. The molecule has 0 aliphatic heterocycles. The zero-order chi connectivity index (χ0) is 17.0. The van der Waals surface area contributed by atoms with Gasteiger partial charge >= 0.3 is 0 Å². The SMILES string of the molecule is O=C(N/N=C/c1cc(Cl)cc(Cl)c1O)c1ccccc1[N+](=O)[O-]. The molecule has 0 aliphatic rings. The lowest BCUT2D eigenvalue weighted by Crippen LogP contribution is -2.18. The van der Waals surface area contributed by atoms with E-state index in [2.05, 4.69) is 10.5 Å². The standard InChI is InChI=1S/C14H9Cl2N3O4/c15-9-5-8(13(20)11(16)6-9)7-17-18-14(21)10-3-1-2-4-12(10)19(22)23/h1-7,20H,(H,18,21)/b17-7+. The van der Waals surface area contributed by atoms with E-state index in [1.807, 2.05) is 0 Å². The number of nitro groups is 1. The van der Waals surface area contributed by atoms with Crippen molar-refractivity contribution in [2.75, 3.05) is 0 Å². The summed E-state index contributed by atoms with van der Waals surface area (Å²) in [6.07, 6.45) is 1.12. The molecule has 0 saturated carbocycles. The van der Waals surface area contributed by atoms with Crippen LogP contribution in [0, 0.1) is 10.1 Å². The number of carbonyl (C=O) groups is 1. The number of aromatic hydroxyl groups is 1. The van der Waals surface area contributed by atoms with Crippen LogP contribution in [0.25, 0.3) is 0 Å². The molecule has 118 valence electrons. The molecule has 23 heavy (non-hydrogen) atoms. The monoisotopic (exact) mass is 353 g/mol. The fourth-order valence-electron chi connectivity index (χ4n) is 1.73. The van der Waals surface area contributed by atoms with Gasteiger partial charge in [-0.15, -0.1) is 0 Å². The second-order valence-electron chi connectivity index (χ2n) is 4.30. The molecule has 0 unspecified atom stereocenters. The van der Waals surface area contributed by atoms with E-state index in [-0.39, 0.29) is 32.6 Å². The Morgan fingerprint density at radius 3 is 2.70 bits per heavy atom. The van der Waals surface area contributed by atoms with Crippen LogP contribution in [0.4, 0.5) is 5.69 Å². The highest BCUT2D eigenvalue weighted by atomic mass is 35.5. The Morgan fingerprint density at radius 1 is 1.30 bits per heavy atom. The van der Waals surface area contributed by atoms with Crippen molar-refractivity contribution in [3.63, 3.8) is 0 Å². The summed E-state index contributed by atoms with van der Waals surface area (Å²) in [5.41, 5.74) is 1.85. The van der Waals surface area contributed by atoms with Crippen molar-refractivity contribution in [3.05, 3.63) is 67.7 Å². The van der Waals surface area contributed by atoms with Gasteiger partial charge in [-0.25, -0.2) is 5.43 Å². The smallest absolute Gasteiger partial charge is 0.282 e. The lowest BCUT2D eigenvalue weighted by molar-refractivity contribution is -0.385. The summed E-state index contributed by atoms with van der Waals surface area (Å²) in [7, 11) is 0. The second kappa shape index (κ2) is 7.08. The number of nitro benzene ring substituents is 1. The molecule has 2 aromatic carbocycles. The van der Waals surface area contributed by atoms with Gasteiger partial charge in [0.15, 0.2) is 0 Å². The number of hydrogen-bond donors (Lipinski definition) is 2. The molecule has 0 fully saturated rings. The Bertz CT molecular complexity index is 809. The van der Waals surface area contributed by atoms with Crippen molar-refractivity contribution in [2.45, 2.75) is 0 Å². The average molecular weight is 354 g/mol. The maximum Gasteiger partial charge on any atom is 0.282 e. The van der Waals surface area contributed by atoms with Crippen LogP contribution >= 0.6 is 23.2 Å². The number of hydrogen-bond acceptors (Lipinski definition) is 5. The largest absolute Gasteiger partial charge is 0.506 e. The van der Waals surface area contributed by atoms with Crippen LogP contribution in [0.1, 0.15) is 15.9 Å². The molecule has 1 amide bonds. The number of rotatable bonds is 4. The molecule has 7 nitrogen and oxygen atoms in total. The number of para-hydroxylation sites is 1. The first-order valence-corrected chi connectivity index (χ1v) is 6.90. The van der Waals surface area contributed by atoms with E-state index in [9.17, 15) is 20.0 Å². The van der Waals surface area contributed by atoms with Crippen LogP contribution in [0.2, 0.25) is 10.0 Å². The molecule has 0 spiro atoms. The van der Waals surface area contributed by atoms with Crippen LogP contribution in [-0.4, -0.2) is 22.2 Å². The third kappa shape index (κ3) is 3.97. The Labute approximate surface area is 140 Å².